The highest BCUT2D eigenvalue weighted by Crippen LogP contribution is 2.21. The van der Waals surface area contributed by atoms with E-state index in [-0.39, 0.29) is 18.1 Å². The predicted molar refractivity (Wildman–Crippen MR) is 52.5 cm³/mol. The molecule has 84 valence electrons. The maximum absolute atomic E-state index is 11.0. The van der Waals surface area contributed by atoms with Gasteiger partial charge in [-0.25, -0.2) is 0 Å². The minimum absolute atomic E-state index is 0.0853. The van der Waals surface area contributed by atoms with Crippen LogP contribution < -0.4 is 5.32 Å². The Morgan fingerprint density at radius 1 is 1.47 bits per heavy atom. The summed E-state index contributed by atoms with van der Waals surface area (Å²) in [5.74, 6) is -0.200. The van der Waals surface area contributed by atoms with Gasteiger partial charge in [-0.1, -0.05) is 6.58 Å². The van der Waals surface area contributed by atoms with Gasteiger partial charge in [0, 0.05) is 6.04 Å². The molecule has 0 radical (unpaired) electrons. The fraction of sp³-hybridized carbons (Fsp3) is 0.667. The summed E-state index contributed by atoms with van der Waals surface area (Å²) in [6.45, 7) is 3.35. The molecule has 15 heavy (non-hydrogen) atoms. The van der Waals surface area contributed by atoms with Gasteiger partial charge in [-0.2, -0.15) is 0 Å². The largest absolute Gasteiger partial charge is 0.350 e. The molecule has 0 spiro atoms. The van der Waals surface area contributed by atoms with Gasteiger partial charge in [0.15, 0.2) is 0 Å². The monoisotopic (exact) mass is 214 g/mol. The molecule has 6 nitrogen and oxygen atoms in total. The Morgan fingerprint density at radius 3 is 2.53 bits per heavy atom. The van der Waals surface area contributed by atoms with E-state index >= 15 is 0 Å². The van der Waals surface area contributed by atoms with Gasteiger partial charge in [0.2, 0.25) is 5.91 Å². The summed E-state index contributed by atoms with van der Waals surface area (Å²) in [6, 6.07) is 0.0853. The first-order valence-electron chi connectivity index (χ1n) is 4.86. The first kappa shape index (κ1) is 11.5. The Balaban J connectivity index is 2.26. The van der Waals surface area contributed by atoms with Crippen molar-refractivity contribution in [1.82, 2.24) is 5.32 Å². The quantitative estimate of drug-likeness (QED) is 0.426. The van der Waals surface area contributed by atoms with Crippen molar-refractivity contribution in [2.45, 2.75) is 37.8 Å². The second-order valence-electron chi connectivity index (χ2n) is 3.52. The zero-order valence-corrected chi connectivity index (χ0v) is 8.35. The molecule has 1 aliphatic rings. The number of nitrogens with zero attached hydrogens (tertiary/aromatic N) is 1. The smallest absolute Gasteiger partial charge is 0.294 e. The Hall–Kier alpha value is -1.59. The van der Waals surface area contributed by atoms with Gasteiger partial charge >= 0.3 is 0 Å². The maximum atomic E-state index is 11.0. The van der Waals surface area contributed by atoms with Crippen LogP contribution >= 0.6 is 0 Å². The molecule has 6 heteroatoms. The first-order valence-corrected chi connectivity index (χ1v) is 4.86. The highest BCUT2D eigenvalue weighted by Gasteiger charge is 2.23. The second kappa shape index (κ2) is 5.33. The van der Waals surface area contributed by atoms with Crippen LogP contribution in [0.15, 0.2) is 12.7 Å². The summed E-state index contributed by atoms with van der Waals surface area (Å²) in [7, 11) is 0. The van der Waals surface area contributed by atoms with E-state index in [0.717, 1.165) is 0 Å². The summed E-state index contributed by atoms with van der Waals surface area (Å²) < 4.78 is 0. The Labute approximate surface area is 87.4 Å². The fourth-order valence-corrected chi connectivity index (χ4v) is 1.69. The third-order valence-electron chi connectivity index (χ3n) is 2.44. The van der Waals surface area contributed by atoms with E-state index in [1.165, 1.54) is 6.08 Å². The summed E-state index contributed by atoms with van der Waals surface area (Å²) in [4.78, 5) is 25.5. The molecule has 1 fully saturated rings. The van der Waals surface area contributed by atoms with E-state index in [1.54, 1.807) is 0 Å². The maximum Gasteiger partial charge on any atom is 0.294 e. The van der Waals surface area contributed by atoms with Crippen LogP contribution in [-0.4, -0.2) is 23.1 Å². The summed E-state index contributed by atoms with van der Waals surface area (Å²) in [6.07, 6.45) is 3.51. The molecule has 0 atom stereocenters. The van der Waals surface area contributed by atoms with E-state index < -0.39 is 5.09 Å². The molecule has 1 N–H and O–H groups in total. The molecule has 1 rings (SSSR count). The van der Waals surface area contributed by atoms with Crippen molar-refractivity contribution in [2.24, 2.45) is 0 Å². The zero-order chi connectivity index (χ0) is 11.3. The number of rotatable bonds is 4. The zero-order valence-electron chi connectivity index (χ0n) is 8.35. The Bertz CT molecular complexity index is 259. The first-order chi connectivity index (χ1) is 7.11. The molecule has 0 heterocycles. The van der Waals surface area contributed by atoms with Gasteiger partial charge in [0.05, 0.1) is 0 Å². The van der Waals surface area contributed by atoms with Crippen LogP contribution in [0.4, 0.5) is 0 Å². The number of hydrogen-bond donors (Lipinski definition) is 1. The van der Waals surface area contributed by atoms with Crippen molar-refractivity contribution >= 4 is 5.91 Å². The summed E-state index contributed by atoms with van der Waals surface area (Å²) >= 11 is 0. The van der Waals surface area contributed by atoms with Crippen LogP contribution in [0, 0.1) is 10.1 Å². The standard InChI is InChI=1S/C9H14N2O4/c1-2-9(12)10-7-3-5-8(6-4-7)15-11(13)14/h2,7-8H,1,3-6H2,(H,10,12). The molecular weight excluding hydrogens is 200 g/mol. The van der Waals surface area contributed by atoms with Crippen LogP contribution in [0.2, 0.25) is 0 Å². The van der Waals surface area contributed by atoms with Gasteiger partial charge in [-0.15, -0.1) is 10.1 Å². The van der Waals surface area contributed by atoms with E-state index in [1.807, 2.05) is 0 Å². The SMILES string of the molecule is C=CC(=O)NC1CCC(O[N+](=O)[O-])CC1. The van der Waals surface area contributed by atoms with Crippen molar-refractivity contribution in [3.63, 3.8) is 0 Å². The van der Waals surface area contributed by atoms with E-state index in [2.05, 4.69) is 16.7 Å². The van der Waals surface area contributed by atoms with Crippen molar-refractivity contribution < 1.29 is 14.7 Å². The van der Waals surface area contributed by atoms with Gasteiger partial charge in [-0.05, 0) is 31.8 Å². The Morgan fingerprint density at radius 2 is 2.07 bits per heavy atom. The third-order valence-corrected chi connectivity index (χ3v) is 2.44. The molecule has 1 saturated carbocycles. The number of amides is 1. The summed E-state index contributed by atoms with van der Waals surface area (Å²) in [5.41, 5.74) is 0. The van der Waals surface area contributed by atoms with E-state index in [9.17, 15) is 14.9 Å². The molecule has 1 amide bonds. The van der Waals surface area contributed by atoms with E-state index in [4.69, 9.17) is 0 Å². The van der Waals surface area contributed by atoms with Crippen LogP contribution in [-0.2, 0) is 9.63 Å². The van der Waals surface area contributed by atoms with Crippen LogP contribution in [0.25, 0.3) is 0 Å². The molecule has 0 saturated heterocycles. The van der Waals surface area contributed by atoms with Crippen LogP contribution in [0.3, 0.4) is 0 Å². The van der Waals surface area contributed by atoms with Gasteiger partial charge in [0.25, 0.3) is 5.09 Å². The van der Waals surface area contributed by atoms with Gasteiger partial charge in [-0.3, -0.25) is 4.79 Å². The second-order valence-corrected chi connectivity index (χ2v) is 3.52. The highest BCUT2D eigenvalue weighted by atomic mass is 17.0. The van der Waals surface area contributed by atoms with Gasteiger partial charge < -0.3 is 10.2 Å². The number of hydrogen-bond acceptors (Lipinski definition) is 4. The lowest BCUT2D eigenvalue weighted by Crippen LogP contribution is -2.38. The minimum atomic E-state index is -0.757. The fourth-order valence-electron chi connectivity index (χ4n) is 1.69. The average molecular weight is 214 g/mol. The normalized spacial score (nSPS) is 25.3. The molecular formula is C9H14N2O4. The predicted octanol–water partition coefficient (Wildman–Crippen LogP) is 0.808. The molecule has 0 aliphatic heterocycles. The lowest BCUT2D eigenvalue weighted by Gasteiger charge is -2.27. The molecule has 1 aliphatic carbocycles. The lowest BCUT2D eigenvalue weighted by atomic mass is 9.93. The molecule has 0 aromatic heterocycles. The number of carbonyl (C=O) groups is 1. The number of carbonyl (C=O) groups excluding carboxylic acids is 1. The van der Waals surface area contributed by atoms with Crippen LogP contribution in [0.5, 0.6) is 0 Å². The molecule has 0 bridgehead atoms. The van der Waals surface area contributed by atoms with E-state index in [0.29, 0.717) is 25.7 Å². The minimum Gasteiger partial charge on any atom is -0.350 e. The number of nitrogens with one attached hydrogen (secondary N) is 1. The van der Waals surface area contributed by atoms with Crippen molar-refractivity contribution in [3.8, 4) is 0 Å². The molecule has 0 unspecified atom stereocenters. The molecule has 0 aromatic carbocycles. The third kappa shape index (κ3) is 3.97. The van der Waals surface area contributed by atoms with Crippen molar-refractivity contribution in [3.05, 3.63) is 22.8 Å². The summed E-state index contributed by atoms with van der Waals surface area (Å²) in [5, 5.41) is 12.1. The topological polar surface area (TPSA) is 81.5 Å². The Kier molecular flexibility index (Phi) is 4.08. The average Bonchev–Trinajstić information content (AvgIpc) is 2.20. The lowest BCUT2D eigenvalue weighted by molar-refractivity contribution is -0.769. The van der Waals surface area contributed by atoms with Gasteiger partial charge in [0.1, 0.15) is 6.10 Å². The van der Waals surface area contributed by atoms with Crippen LogP contribution in [0.1, 0.15) is 25.7 Å². The molecule has 0 aromatic rings. The van der Waals surface area contributed by atoms with Crippen molar-refractivity contribution in [1.29, 1.82) is 0 Å². The van der Waals surface area contributed by atoms with Crippen molar-refractivity contribution in [2.75, 3.05) is 0 Å². The highest BCUT2D eigenvalue weighted by molar-refractivity contribution is 5.87.